The summed E-state index contributed by atoms with van der Waals surface area (Å²) in [6, 6.07) is 3.08. The summed E-state index contributed by atoms with van der Waals surface area (Å²) < 4.78 is 28.3. The SMILES string of the molecule is C=C[C@@H]1C[C@]1(NC(=O)[C@@H]1C[C@@H](Oc2cc(-c3csc(OC)n3)nc3c(Cl)c(OC)ccc23)CN1C(=O)C(NC(=O)O[C@@H]1C[C@@H]2C[C@@H]2C1)C(C)(C)C)C(=O)OC. The predicted molar refractivity (Wildman–Crippen MR) is 204 cm³/mol. The van der Waals surface area contributed by atoms with Crippen molar-refractivity contribution in [3.05, 3.63) is 41.3 Å². The van der Waals surface area contributed by atoms with E-state index in [0.29, 0.717) is 57.2 Å². The molecule has 8 atom stereocenters. The van der Waals surface area contributed by atoms with E-state index >= 15 is 0 Å². The van der Waals surface area contributed by atoms with Crippen molar-refractivity contribution in [3.8, 4) is 28.1 Å². The Kier molecular flexibility index (Phi) is 10.4. The van der Waals surface area contributed by atoms with Crippen LogP contribution in [0.2, 0.25) is 5.02 Å². The first-order chi connectivity index (χ1) is 26.2. The molecule has 55 heavy (non-hydrogen) atoms. The molecule has 3 aliphatic carbocycles. The number of aromatic nitrogens is 2. The van der Waals surface area contributed by atoms with Crippen LogP contribution in [0, 0.1) is 23.2 Å². The number of benzene rings is 1. The minimum atomic E-state index is -1.30. The molecule has 1 saturated heterocycles. The van der Waals surface area contributed by atoms with Gasteiger partial charge in [-0.05, 0) is 55.1 Å². The number of ether oxygens (including phenoxy) is 5. The molecule has 294 valence electrons. The number of nitrogens with zero attached hydrogens (tertiary/aromatic N) is 3. The molecule has 3 aromatic rings. The number of thiazole rings is 1. The summed E-state index contributed by atoms with van der Waals surface area (Å²) in [4.78, 5) is 65.9. The van der Waals surface area contributed by atoms with Crippen molar-refractivity contribution in [2.24, 2.45) is 23.2 Å². The van der Waals surface area contributed by atoms with E-state index < -0.39 is 53.0 Å². The fraction of sp³-hybridized carbons (Fsp3) is 0.538. The lowest BCUT2D eigenvalue weighted by atomic mass is 9.85. The van der Waals surface area contributed by atoms with Crippen LogP contribution in [0.5, 0.6) is 16.7 Å². The molecule has 1 unspecified atom stereocenters. The van der Waals surface area contributed by atoms with Gasteiger partial charge in [0.15, 0.2) is 0 Å². The van der Waals surface area contributed by atoms with Crippen molar-refractivity contribution in [2.45, 2.75) is 82.7 Å². The van der Waals surface area contributed by atoms with Crippen molar-refractivity contribution in [3.63, 3.8) is 0 Å². The first-order valence-corrected chi connectivity index (χ1v) is 19.6. The molecule has 4 aliphatic rings. The third kappa shape index (κ3) is 7.52. The summed E-state index contributed by atoms with van der Waals surface area (Å²) in [5.41, 5.74) is -0.679. The zero-order valence-electron chi connectivity index (χ0n) is 31.7. The molecular formula is C39H46ClN5O9S. The number of methoxy groups -OCH3 is 3. The largest absolute Gasteiger partial charge is 0.495 e. The molecule has 0 bridgehead atoms. The first-order valence-electron chi connectivity index (χ1n) is 18.3. The maximum absolute atomic E-state index is 14.7. The molecule has 3 amide bonds. The number of halogens is 1. The van der Waals surface area contributed by atoms with Crippen molar-refractivity contribution in [1.29, 1.82) is 0 Å². The van der Waals surface area contributed by atoms with Gasteiger partial charge in [0.2, 0.25) is 11.8 Å². The molecule has 1 aliphatic heterocycles. The summed E-state index contributed by atoms with van der Waals surface area (Å²) in [5, 5.41) is 8.80. The Hall–Kier alpha value is -4.63. The lowest BCUT2D eigenvalue weighted by molar-refractivity contribution is -0.148. The van der Waals surface area contributed by atoms with Gasteiger partial charge < -0.3 is 39.2 Å². The van der Waals surface area contributed by atoms with E-state index in [1.165, 1.54) is 44.0 Å². The van der Waals surface area contributed by atoms with Crippen LogP contribution in [0.3, 0.4) is 0 Å². The van der Waals surface area contributed by atoms with Crippen LogP contribution in [0.1, 0.15) is 52.9 Å². The van der Waals surface area contributed by atoms with Gasteiger partial charge in [0, 0.05) is 29.2 Å². The van der Waals surface area contributed by atoms with Gasteiger partial charge in [-0.1, -0.05) is 49.8 Å². The molecule has 16 heteroatoms. The summed E-state index contributed by atoms with van der Waals surface area (Å²) in [7, 11) is 4.29. The van der Waals surface area contributed by atoms with Gasteiger partial charge in [0.25, 0.3) is 5.19 Å². The number of fused-ring (bicyclic) bond motifs is 2. The van der Waals surface area contributed by atoms with Crippen molar-refractivity contribution >= 4 is 57.7 Å². The molecule has 1 aromatic carbocycles. The zero-order valence-corrected chi connectivity index (χ0v) is 33.3. The number of carbonyl (C=O) groups is 4. The predicted octanol–water partition coefficient (Wildman–Crippen LogP) is 5.55. The van der Waals surface area contributed by atoms with Crippen LogP contribution >= 0.6 is 22.9 Å². The Balaban J connectivity index is 1.21. The van der Waals surface area contributed by atoms with Crippen LogP contribution in [-0.4, -0.2) is 96.4 Å². The Labute approximate surface area is 328 Å². The van der Waals surface area contributed by atoms with Gasteiger partial charge in [-0.15, -0.1) is 6.58 Å². The highest BCUT2D eigenvalue weighted by molar-refractivity contribution is 7.11. The highest BCUT2D eigenvalue weighted by Crippen LogP contribution is 2.52. The number of esters is 1. The number of rotatable bonds is 12. The minimum Gasteiger partial charge on any atom is -0.495 e. The third-order valence-electron chi connectivity index (χ3n) is 11.2. The van der Waals surface area contributed by atoms with E-state index in [-0.39, 0.29) is 30.0 Å². The molecule has 4 fully saturated rings. The summed E-state index contributed by atoms with van der Waals surface area (Å²) in [6.45, 7) is 9.30. The number of amides is 3. The van der Waals surface area contributed by atoms with Crippen molar-refractivity contribution in [2.75, 3.05) is 27.9 Å². The summed E-state index contributed by atoms with van der Waals surface area (Å²) in [6.07, 6.45) is 3.22. The maximum atomic E-state index is 14.7. The van der Waals surface area contributed by atoms with Crippen molar-refractivity contribution < 1.29 is 42.9 Å². The number of carbonyl (C=O) groups excluding carboxylic acids is 4. The molecule has 0 spiro atoms. The smallest absolute Gasteiger partial charge is 0.408 e. The molecular weight excluding hydrogens is 750 g/mol. The zero-order chi connectivity index (χ0) is 39.4. The van der Waals surface area contributed by atoms with E-state index in [4.69, 9.17) is 40.3 Å². The monoisotopic (exact) mass is 795 g/mol. The second-order valence-corrected chi connectivity index (χ2v) is 17.1. The number of hydrogen-bond acceptors (Lipinski definition) is 12. The second-order valence-electron chi connectivity index (χ2n) is 15.9. The Morgan fingerprint density at radius 3 is 2.38 bits per heavy atom. The Morgan fingerprint density at radius 2 is 1.76 bits per heavy atom. The molecule has 2 aromatic heterocycles. The molecule has 3 heterocycles. The van der Waals surface area contributed by atoms with Gasteiger partial charge in [-0.3, -0.25) is 9.59 Å². The van der Waals surface area contributed by atoms with E-state index in [1.54, 1.807) is 29.7 Å². The van der Waals surface area contributed by atoms with E-state index in [1.807, 2.05) is 20.8 Å². The highest BCUT2D eigenvalue weighted by Gasteiger charge is 2.62. The first kappa shape index (κ1) is 38.6. The average molecular weight is 796 g/mol. The Bertz CT molecular complexity index is 2030. The molecule has 3 saturated carbocycles. The quantitative estimate of drug-likeness (QED) is 0.174. The number of hydrogen-bond donors (Lipinski definition) is 2. The summed E-state index contributed by atoms with van der Waals surface area (Å²) >= 11 is 8.08. The van der Waals surface area contributed by atoms with Gasteiger partial charge >= 0.3 is 12.1 Å². The Morgan fingerprint density at radius 1 is 1.02 bits per heavy atom. The third-order valence-corrected chi connectivity index (χ3v) is 12.3. The van der Waals surface area contributed by atoms with Gasteiger partial charge in [0.1, 0.15) is 52.0 Å². The van der Waals surface area contributed by atoms with Gasteiger partial charge in [0.05, 0.1) is 39.1 Å². The highest BCUT2D eigenvalue weighted by atomic mass is 35.5. The van der Waals surface area contributed by atoms with E-state index in [2.05, 4.69) is 22.2 Å². The fourth-order valence-corrected chi connectivity index (χ4v) is 8.90. The minimum absolute atomic E-state index is 0.0180. The lowest BCUT2D eigenvalue weighted by Crippen LogP contribution is -2.59. The van der Waals surface area contributed by atoms with Crippen LogP contribution < -0.4 is 24.8 Å². The maximum Gasteiger partial charge on any atom is 0.408 e. The number of nitrogens with one attached hydrogen (secondary N) is 2. The van der Waals surface area contributed by atoms with Crippen LogP contribution in [0.15, 0.2) is 36.2 Å². The average Bonchev–Trinajstić information content (AvgIpc) is 3.80. The number of pyridine rings is 1. The van der Waals surface area contributed by atoms with Crippen LogP contribution in [0.4, 0.5) is 4.79 Å². The van der Waals surface area contributed by atoms with Crippen molar-refractivity contribution in [1.82, 2.24) is 25.5 Å². The lowest BCUT2D eigenvalue weighted by Gasteiger charge is -2.35. The number of alkyl carbamates (subject to hydrolysis) is 1. The fourth-order valence-electron chi connectivity index (χ4n) is 7.98. The van der Waals surface area contributed by atoms with Crippen LogP contribution in [0.25, 0.3) is 22.3 Å². The van der Waals surface area contributed by atoms with Gasteiger partial charge in [-0.2, -0.15) is 0 Å². The second kappa shape index (κ2) is 14.8. The topological polar surface area (TPSA) is 168 Å². The summed E-state index contributed by atoms with van der Waals surface area (Å²) in [5.74, 6) is 0.0282. The molecule has 7 rings (SSSR count). The van der Waals surface area contributed by atoms with Gasteiger partial charge in [-0.25, -0.2) is 19.6 Å². The molecule has 0 radical (unpaired) electrons. The van der Waals surface area contributed by atoms with Crippen LogP contribution in [-0.2, 0) is 23.9 Å². The molecule has 14 nitrogen and oxygen atoms in total. The molecule has 2 N–H and O–H groups in total. The van der Waals surface area contributed by atoms with E-state index in [0.717, 1.165) is 12.8 Å². The van der Waals surface area contributed by atoms with E-state index in [9.17, 15) is 19.2 Å². The standard InChI is InChI=1S/C39H46ClN5O9S/c1-8-21-16-39(21,35(48)51-6)44-33(46)27-14-23(17-45(27)34(47)32(38(2,3)4)43-36(49)54-22-12-19-11-20(19)13-22)53-29-15-25(26-18-55-37(42-26)52-7)41-31-24(29)9-10-28(50-5)30(31)40/h8-10,15,18-23,27,32H,1,11-14,16-17H2,2-7H3,(H,43,49)(H,44,46)/t19-,20+,21-,22+,23-,27+,32?,39-/m1/s1. The normalized spacial score (nSPS) is 27.1. The number of likely N-dealkylation sites (tertiary alicyclic amines) is 1.